The number of fused-ring (bicyclic) bond motifs is 1. The molecular formula is C24H23N3O4. The van der Waals surface area contributed by atoms with Crippen LogP contribution in [0.2, 0.25) is 0 Å². The second-order valence-electron chi connectivity index (χ2n) is 6.95. The van der Waals surface area contributed by atoms with E-state index in [4.69, 9.17) is 19.2 Å². The van der Waals surface area contributed by atoms with Gasteiger partial charge in [0, 0.05) is 18.0 Å². The second-order valence-corrected chi connectivity index (χ2v) is 6.95. The van der Waals surface area contributed by atoms with E-state index in [2.05, 4.69) is 5.32 Å². The van der Waals surface area contributed by atoms with Crippen LogP contribution < -0.4 is 19.5 Å². The summed E-state index contributed by atoms with van der Waals surface area (Å²) in [5, 5.41) is 2.86. The number of amides is 1. The molecule has 0 saturated carbocycles. The predicted octanol–water partition coefficient (Wildman–Crippen LogP) is 4.34. The Balaban J connectivity index is 1.54. The average Bonchev–Trinajstić information content (AvgIpc) is 3.23. The minimum Gasteiger partial charge on any atom is -0.495 e. The number of hydrogen-bond acceptors (Lipinski definition) is 5. The van der Waals surface area contributed by atoms with Crippen LogP contribution in [0.4, 0.5) is 5.69 Å². The van der Waals surface area contributed by atoms with E-state index in [0.29, 0.717) is 22.9 Å². The van der Waals surface area contributed by atoms with Gasteiger partial charge in [-0.15, -0.1) is 0 Å². The standard InChI is InChI=1S/C24H23N3O4/c1-16-7-6-12-27-14-19(26-24(16)27)17-10-11-20(29-2)18(13-17)25-23(28)15-31-22-9-5-4-8-21(22)30-3/h4-14H,15H2,1-3H3,(H,25,28). The van der Waals surface area contributed by atoms with Gasteiger partial charge in [0.1, 0.15) is 11.4 Å². The zero-order chi connectivity index (χ0) is 21.8. The molecule has 0 aliphatic rings. The van der Waals surface area contributed by atoms with Gasteiger partial charge in [0.15, 0.2) is 18.1 Å². The summed E-state index contributed by atoms with van der Waals surface area (Å²) in [4.78, 5) is 17.3. The molecule has 0 aliphatic heterocycles. The lowest BCUT2D eigenvalue weighted by atomic mass is 10.1. The van der Waals surface area contributed by atoms with Crippen molar-refractivity contribution >= 4 is 17.2 Å². The Labute approximate surface area is 180 Å². The molecule has 0 bridgehead atoms. The Bertz CT molecular complexity index is 1230. The summed E-state index contributed by atoms with van der Waals surface area (Å²) >= 11 is 0. The van der Waals surface area contributed by atoms with Gasteiger partial charge in [0.2, 0.25) is 0 Å². The monoisotopic (exact) mass is 417 g/mol. The molecule has 0 aliphatic carbocycles. The fraction of sp³-hybridized carbons (Fsp3) is 0.167. The molecule has 7 heteroatoms. The summed E-state index contributed by atoms with van der Waals surface area (Å²) in [5.74, 6) is 1.31. The van der Waals surface area contributed by atoms with Crippen LogP contribution >= 0.6 is 0 Å². The van der Waals surface area contributed by atoms with Crippen LogP contribution in [0, 0.1) is 6.92 Å². The van der Waals surface area contributed by atoms with Gasteiger partial charge in [-0.1, -0.05) is 18.2 Å². The highest BCUT2D eigenvalue weighted by atomic mass is 16.5. The van der Waals surface area contributed by atoms with Crippen molar-refractivity contribution in [3.63, 3.8) is 0 Å². The molecule has 2 aromatic carbocycles. The molecule has 1 N–H and O–H groups in total. The number of nitrogens with zero attached hydrogens (tertiary/aromatic N) is 2. The number of rotatable bonds is 7. The highest BCUT2D eigenvalue weighted by Gasteiger charge is 2.13. The fourth-order valence-electron chi connectivity index (χ4n) is 3.33. The summed E-state index contributed by atoms with van der Waals surface area (Å²) in [7, 11) is 3.11. The Morgan fingerprint density at radius 3 is 2.52 bits per heavy atom. The molecule has 4 aromatic rings. The SMILES string of the molecule is COc1ccc(-c2cn3cccc(C)c3n2)cc1NC(=O)COc1ccccc1OC. The minimum atomic E-state index is -0.313. The first-order chi connectivity index (χ1) is 15.1. The van der Waals surface area contributed by atoms with E-state index < -0.39 is 0 Å². The van der Waals surface area contributed by atoms with Crippen molar-refractivity contribution in [2.75, 3.05) is 26.1 Å². The Kier molecular flexibility index (Phi) is 5.75. The van der Waals surface area contributed by atoms with E-state index in [1.54, 1.807) is 26.4 Å². The number of anilines is 1. The number of hydrogen-bond donors (Lipinski definition) is 1. The lowest BCUT2D eigenvalue weighted by molar-refractivity contribution is -0.118. The van der Waals surface area contributed by atoms with Gasteiger partial charge in [-0.2, -0.15) is 0 Å². The Morgan fingerprint density at radius 2 is 1.77 bits per heavy atom. The average molecular weight is 417 g/mol. The smallest absolute Gasteiger partial charge is 0.262 e. The van der Waals surface area contributed by atoms with Crippen LogP contribution in [0.1, 0.15) is 5.56 Å². The number of ether oxygens (including phenoxy) is 3. The van der Waals surface area contributed by atoms with Crippen molar-refractivity contribution in [2.45, 2.75) is 6.92 Å². The third-order valence-corrected chi connectivity index (χ3v) is 4.88. The molecule has 0 fully saturated rings. The van der Waals surface area contributed by atoms with Gasteiger partial charge < -0.3 is 23.9 Å². The molecule has 31 heavy (non-hydrogen) atoms. The van der Waals surface area contributed by atoms with E-state index in [9.17, 15) is 4.79 Å². The van der Waals surface area contributed by atoms with Gasteiger partial charge in [0.05, 0.1) is 25.6 Å². The third kappa shape index (κ3) is 4.30. The van der Waals surface area contributed by atoms with Crippen LogP contribution in [0.3, 0.4) is 0 Å². The van der Waals surface area contributed by atoms with Crippen molar-refractivity contribution in [1.82, 2.24) is 9.38 Å². The number of benzene rings is 2. The fourth-order valence-corrected chi connectivity index (χ4v) is 3.33. The normalized spacial score (nSPS) is 10.7. The number of pyridine rings is 1. The van der Waals surface area contributed by atoms with Crippen molar-refractivity contribution in [2.24, 2.45) is 0 Å². The van der Waals surface area contributed by atoms with E-state index in [1.165, 1.54) is 0 Å². The number of aromatic nitrogens is 2. The number of carbonyl (C=O) groups is 1. The number of imidazole rings is 1. The van der Waals surface area contributed by atoms with Crippen LogP contribution in [-0.4, -0.2) is 36.1 Å². The first-order valence-corrected chi connectivity index (χ1v) is 9.77. The topological polar surface area (TPSA) is 74.1 Å². The zero-order valence-corrected chi connectivity index (χ0v) is 17.6. The Hall–Kier alpha value is -4.00. The van der Waals surface area contributed by atoms with Crippen LogP contribution in [0.25, 0.3) is 16.9 Å². The van der Waals surface area contributed by atoms with Gasteiger partial charge in [-0.25, -0.2) is 4.98 Å². The molecule has 0 unspecified atom stereocenters. The Morgan fingerprint density at radius 1 is 1.00 bits per heavy atom. The highest BCUT2D eigenvalue weighted by Crippen LogP contribution is 2.31. The summed E-state index contributed by atoms with van der Waals surface area (Å²) in [6.07, 6.45) is 3.92. The van der Waals surface area contributed by atoms with Gasteiger partial charge in [-0.05, 0) is 48.9 Å². The maximum Gasteiger partial charge on any atom is 0.262 e. The van der Waals surface area contributed by atoms with E-state index in [-0.39, 0.29) is 12.5 Å². The molecule has 0 radical (unpaired) electrons. The molecule has 2 heterocycles. The summed E-state index contributed by atoms with van der Waals surface area (Å²) in [6.45, 7) is 1.86. The number of carbonyl (C=O) groups excluding carboxylic acids is 1. The van der Waals surface area contributed by atoms with Crippen molar-refractivity contribution in [3.8, 4) is 28.5 Å². The third-order valence-electron chi connectivity index (χ3n) is 4.88. The quantitative estimate of drug-likeness (QED) is 0.484. The molecule has 0 spiro atoms. The van der Waals surface area contributed by atoms with E-state index in [0.717, 1.165) is 22.5 Å². The summed E-state index contributed by atoms with van der Waals surface area (Å²) in [6, 6.07) is 16.7. The maximum atomic E-state index is 12.5. The molecule has 2 aromatic heterocycles. The molecule has 7 nitrogen and oxygen atoms in total. The largest absolute Gasteiger partial charge is 0.495 e. The zero-order valence-electron chi connectivity index (χ0n) is 17.6. The number of para-hydroxylation sites is 2. The summed E-state index contributed by atoms with van der Waals surface area (Å²) < 4.78 is 18.2. The molecule has 0 saturated heterocycles. The van der Waals surface area contributed by atoms with Crippen molar-refractivity contribution in [1.29, 1.82) is 0 Å². The molecule has 4 rings (SSSR count). The molecule has 158 valence electrons. The van der Waals surface area contributed by atoms with Crippen molar-refractivity contribution in [3.05, 3.63) is 72.6 Å². The van der Waals surface area contributed by atoms with E-state index >= 15 is 0 Å². The lowest BCUT2D eigenvalue weighted by Gasteiger charge is -2.13. The second kappa shape index (κ2) is 8.79. The van der Waals surface area contributed by atoms with Gasteiger partial charge >= 0.3 is 0 Å². The van der Waals surface area contributed by atoms with Crippen LogP contribution in [0.5, 0.6) is 17.2 Å². The molecule has 1 amide bonds. The van der Waals surface area contributed by atoms with Crippen molar-refractivity contribution < 1.29 is 19.0 Å². The van der Waals surface area contributed by atoms with Crippen LogP contribution in [0.15, 0.2) is 67.0 Å². The summed E-state index contributed by atoms with van der Waals surface area (Å²) in [5.41, 5.74) is 4.19. The lowest BCUT2D eigenvalue weighted by Crippen LogP contribution is -2.20. The number of nitrogens with one attached hydrogen (secondary N) is 1. The van der Waals surface area contributed by atoms with Gasteiger partial charge in [0.25, 0.3) is 5.91 Å². The maximum absolute atomic E-state index is 12.5. The predicted molar refractivity (Wildman–Crippen MR) is 119 cm³/mol. The van der Waals surface area contributed by atoms with E-state index in [1.807, 2.05) is 66.2 Å². The molecule has 0 atom stereocenters. The number of aryl methyl sites for hydroxylation is 1. The van der Waals surface area contributed by atoms with Gasteiger partial charge in [-0.3, -0.25) is 4.79 Å². The van der Waals surface area contributed by atoms with Crippen LogP contribution in [-0.2, 0) is 4.79 Å². The first kappa shape index (κ1) is 20.3. The number of methoxy groups -OCH3 is 2. The minimum absolute atomic E-state index is 0.165. The molecular weight excluding hydrogens is 394 g/mol. The first-order valence-electron chi connectivity index (χ1n) is 9.77. The highest BCUT2D eigenvalue weighted by molar-refractivity contribution is 5.94.